The number of hydrogen-bond donors (Lipinski definition) is 25. The van der Waals surface area contributed by atoms with E-state index in [1.54, 1.807) is 6.08 Å². The van der Waals surface area contributed by atoms with E-state index in [0.717, 1.165) is 85.0 Å². The van der Waals surface area contributed by atoms with E-state index in [-0.39, 0.29) is 12.3 Å². The predicted molar refractivity (Wildman–Crippen MR) is 477 cm³/mol. The van der Waals surface area contributed by atoms with Gasteiger partial charge in [0.15, 0.2) is 25.2 Å². The molecule has 6 aliphatic heterocycles. The Balaban J connectivity index is 1.19. The van der Waals surface area contributed by atoms with Gasteiger partial charge in [-0.1, -0.05) is 231 Å². The summed E-state index contributed by atoms with van der Waals surface area (Å²) >= 11 is 0. The average Bonchev–Trinajstić information content (AvgIpc) is 0.752. The van der Waals surface area contributed by atoms with Crippen LogP contribution >= 0.6 is 0 Å². The Hall–Kier alpha value is -4.68. The topological polar surface area (TPSA) is 686 Å². The molecule has 0 aromatic carbocycles. The number of ether oxygens (including phenoxy) is 12. The van der Waals surface area contributed by atoms with Crippen LogP contribution in [0, 0.1) is 0 Å². The molecule has 43 nitrogen and oxygen atoms in total. The first-order valence-corrected chi connectivity index (χ1v) is 49.2. The van der Waals surface area contributed by atoms with Crippen LogP contribution in [0.15, 0.2) is 12.2 Å². The highest BCUT2D eigenvalue weighted by Gasteiger charge is 2.63. The van der Waals surface area contributed by atoms with Crippen LogP contribution < -0.4 is 21.3 Å². The number of hydrogen-bond acceptors (Lipinski definition) is 37. The average molecular weight is 1950 g/mol. The van der Waals surface area contributed by atoms with Gasteiger partial charge in [0.2, 0.25) is 23.6 Å². The van der Waals surface area contributed by atoms with Crippen molar-refractivity contribution in [2.24, 2.45) is 0 Å². The molecule has 0 aliphatic carbocycles. The SMILES string of the molecule is CCCCCCCCCCCCC/C=C/[C@@H](O)[C@H](CO[C@@H]1OC(CO)[C@@H](O[C@@H]2OC(CO)[C@H](O[C@@H]3OC(CO[C@]4(C(=O)O)CC(O)[C@@H](NC(C)=O)C([C@H](O)[C@H](O)CO)O4)[C@H](O)[C@H](O[C@@H]4OC(CO)[C@H](O)[C@H](O[C@]5(C(=O)O)CC(O)[C@@H](NC(C)=O)C([C@H](O)[C@H](O)CO)O5)C4O)C3NC(C)=O)[C@H](O)C2O)[C@H](O)C1O)NC(=O)CCCCCCCCCCCCCCCCCCCCCCCCC. The number of carbonyl (C=O) groups is 6. The summed E-state index contributed by atoms with van der Waals surface area (Å²) in [6, 6.07) is -6.81. The molecular weight excluding hydrogens is 1790 g/mol. The van der Waals surface area contributed by atoms with Gasteiger partial charge >= 0.3 is 11.9 Å². The molecule has 25 N–H and O–H groups in total. The third-order valence-corrected chi connectivity index (χ3v) is 26.1. The van der Waals surface area contributed by atoms with Gasteiger partial charge in [-0.2, -0.15) is 0 Å². The molecule has 34 atom stereocenters. The van der Waals surface area contributed by atoms with Gasteiger partial charge in [0.05, 0.1) is 82.7 Å². The smallest absolute Gasteiger partial charge is 0.364 e. The van der Waals surface area contributed by atoms with Gasteiger partial charge in [-0.3, -0.25) is 19.2 Å². The molecule has 6 aliphatic rings. The molecule has 0 saturated carbocycles. The van der Waals surface area contributed by atoms with Crippen molar-refractivity contribution >= 4 is 35.6 Å². The number of rotatable bonds is 67. The zero-order chi connectivity index (χ0) is 99.5. The number of nitrogens with one attached hydrogen (secondary N) is 4. The van der Waals surface area contributed by atoms with Crippen molar-refractivity contribution in [1.29, 1.82) is 0 Å². The zero-order valence-corrected chi connectivity index (χ0v) is 79.2. The summed E-state index contributed by atoms with van der Waals surface area (Å²) in [7, 11) is 0. The van der Waals surface area contributed by atoms with Crippen LogP contribution in [0.25, 0.3) is 0 Å². The Labute approximate surface area is 790 Å². The number of aliphatic hydroxyl groups excluding tert-OH is 19. The maximum absolute atomic E-state index is 13.7. The molecule has 786 valence electrons. The molecule has 6 fully saturated rings. The van der Waals surface area contributed by atoms with Crippen molar-refractivity contribution in [1.82, 2.24) is 21.3 Å². The maximum atomic E-state index is 13.7. The maximum Gasteiger partial charge on any atom is 0.364 e. The highest BCUT2D eigenvalue weighted by atomic mass is 16.8. The van der Waals surface area contributed by atoms with Gasteiger partial charge in [0, 0.05) is 40.0 Å². The van der Waals surface area contributed by atoms with Gasteiger partial charge in [0.1, 0.15) is 134 Å². The molecule has 12 unspecified atom stereocenters. The number of carbonyl (C=O) groups excluding carboxylic acids is 4. The molecule has 0 bridgehead atoms. The highest BCUT2D eigenvalue weighted by molar-refractivity contribution is 5.78. The Morgan fingerprint density at radius 1 is 0.400 bits per heavy atom. The minimum Gasteiger partial charge on any atom is -0.477 e. The Bertz CT molecular complexity index is 3350. The lowest BCUT2D eigenvalue weighted by molar-refractivity contribution is -0.391. The predicted octanol–water partition coefficient (Wildman–Crippen LogP) is -0.748. The van der Waals surface area contributed by atoms with Crippen molar-refractivity contribution in [3.05, 3.63) is 12.2 Å². The second-order valence-corrected chi connectivity index (χ2v) is 37.1. The lowest BCUT2D eigenvalue weighted by atomic mass is 9.88. The first kappa shape index (κ1) is 119. The van der Waals surface area contributed by atoms with Crippen LogP contribution in [0.2, 0.25) is 0 Å². The van der Waals surface area contributed by atoms with E-state index >= 15 is 0 Å². The van der Waals surface area contributed by atoms with E-state index in [4.69, 9.17) is 56.8 Å². The van der Waals surface area contributed by atoms with E-state index in [0.29, 0.717) is 12.8 Å². The number of carboxylic acid groups (broad SMARTS) is 2. The summed E-state index contributed by atoms with van der Waals surface area (Å²) in [5, 5.41) is 247. The van der Waals surface area contributed by atoms with Gasteiger partial charge in [0.25, 0.3) is 11.6 Å². The largest absolute Gasteiger partial charge is 0.477 e. The molecule has 135 heavy (non-hydrogen) atoms. The first-order valence-electron chi connectivity index (χ1n) is 49.2. The number of aliphatic carboxylic acids is 2. The molecule has 0 radical (unpaired) electrons. The van der Waals surface area contributed by atoms with Crippen LogP contribution in [0.4, 0.5) is 0 Å². The van der Waals surface area contributed by atoms with Crippen LogP contribution in [-0.2, 0) is 85.6 Å². The van der Waals surface area contributed by atoms with Crippen LogP contribution in [0.1, 0.15) is 279 Å². The molecule has 43 heteroatoms. The fraction of sp³-hybridized carbons (Fsp3) is 0.913. The van der Waals surface area contributed by atoms with Crippen LogP contribution in [0.5, 0.6) is 0 Å². The minimum absolute atomic E-state index is 0.129. The van der Waals surface area contributed by atoms with Gasteiger partial charge in [-0.15, -0.1) is 0 Å². The molecular formula is C92H164N4O39. The zero-order valence-electron chi connectivity index (χ0n) is 79.2. The summed E-state index contributed by atoms with van der Waals surface area (Å²) in [5.41, 5.74) is 0. The summed E-state index contributed by atoms with van der Waals surface area (Å²) < 4.78 is 71.7. The minimum atomic E-state index is -3.36. The molecule has 6 rings (SSSR count). The Kier molecular flexibility index (Phi) is 55.3. The van der Waals surface area contributed by atoms with Crippen molar-refractivity contribution in [3.8, 4) is 0 Å². The van der Waals surface area contributed by atoms with Crippen molar-refractivity contribution in [3.63, 3.8) is 0 Å². The summed E-state index contributed by atoms with van der Waals surface area (Å²) in [5.74, 6) is -14.1. The second kappa shape index (κ2) is 62.7. The quantitative estimate of drug-likeness (QED) is 0.0263. The fourth-order valence-electron chi connectivity index (χ4n) is 18.2. The normalized spacial score (nSPS) is 33.7. The molecule has 6 heterocycles. The van der Waals surface area contributed by atoms with Crippen LogP contribution in [0.3, 0.4) is 0 Å². The molecule has 4 amide bonds. The number of aliphatic hydroxyl groups is 19. The molecule has 6 saturated heterocycles. The summed E-state index contributed by atoms with van der Waals surface area (Å²) in [6.45, 7) is -0.563. The first-order chi connectivity index (χ1) is 64.5. The van der Waals surface area contributed by atoms with E-state index in [1.165, 1.54) is 148 Å². The molecule has 0 spiro atoms. The molecule has 0 aromatic rings. The summed E-state index contributed by atoms with van der Waals surface area (Å²) in [6.07, 6.45) is -19.0. The van der Waals surface area contributed by atoms with E-state index in [1.807, 2.05) is 6.08 Å². The van der Waals surface area contributed by atoms with E-state index in [9.17, 15) is 136 Å². The lowest BCUT2D eigenvalue weighted by Crippen LogP contribution is -2.72. The van der Waals surface area contributed by atoms with Gasteiger partial charge in [-0.25, -0.2) is 9.59 Å². The van der Waals surface area contributed by atoms with Crippen molar-refractivity contribution in [2.75, 3.05) is 46.2 Å². The third kappa shape index (κ3) is 37.2. The number of allylic oxidation sites excluding steroid dienone is 1. The van der Waals surface area contributed by atoms with E-state index < -0.39 is 296 Å². The Morgan fingerprint density at radius 2 is 0.756 bits per heavy atom. The number of carboxylic acids is 2. The van der Waals surface area contributed by atoms with Crippen LogP contribution in [-0.4, -0.2) is 396 Å². The van der Waals surface area contributed by atoms with Crippen molar-refractivity contribution < 1.29 is 193 Å². The fourth-order valence-corrected chi connectivity index (χ4v) is 18.2. The monoisotopic (exact) mass is 1950 g/mol. The van der Waals surface area contributed by atoms with Gasteiger partial charge in [-0.05, 0) is 19.3 Å². The van der Waals surface area contributed by atoms with Gasteiger partial charge < -0.3 is 185 Å². The summed E-state index contributed by atoms with van der Waals surface area (Å²) in [4.78, 5) is 79.0. The number of amides is 4. The third-order valence-electron chi connectivity index (χ3n) is 26.1. The number of unbranched alkanes of at least 4 members (excludes halogenated alkanes) is 33. The second-order valence-electron chi connectivity index (χ2n) is 37.1. The van der Waals surface area contributed by atoms with Crippen molar-refractivity contribution in [2.45, 2.75) is 486 Å². The standard InChI is InChI=1S/C92H164N4O39/c1-6-8-10-12-14-16-18-20-21-22-23-24-25-26-27-28-29-31-33-35-37-39-41-43-66(110)96-56(57(105)42-40-38-36-34-32-30-19-17-15-13-11-9-7-2)51-124-86-76(117)74(115)80(63(49-100)127-86)131-87-77(118)75(116)79(64(50-101)128-87)130-85-69(95-55(5)104)81(73(114)65(129-85)52-125-91(89(120)121)44-58(106)67(93-53(3)102)82(133-91)70(111)60(108)46-97)132-88-78(119)84(72(113)62(48-99)126-88)135-92(90(122)123)45-59(107)68(94-54(4)103)83(134-92)71(112)61(109)47-98/h40,42,56-65,67-88,97-101,105-109,111-119H,6-39,41,43-52H2,1-5H3,(H,93,102)(H,94,103)(H,95,104)(H,96,110)(H,120,121)(H,122,123)/b42-40+/t56-,57+,58?,59?,60+,61+,62?,63?,64?,65?,67+,68+,69?,70+,71+,72-,73-,74+,75+,76?,77?,78?,79-,80+,81+,82?,83?,84-,85-,86+,87-,88-,91+,92-/m0/s1. The highest BCUT2D eigenvalue weighted by Crippen LogP contribution is 2.42. The van der Waals surface area contributed by atoms with E-state index in [2.05, 4.69) is 35.1 Å². The molecule has 0 aromatic heterocycles. The Morgan fingerprint density at radius 3 is 1.18 bits per heavy atom. The lowest BCUT2D eigenvalue weighted by Gasteiger charge is -2.52.